The van der Waals surface area contributed by atoms with Crippen LogP contribution in [0, 0.1) is 0 Å². The fraction of sp³-hybridized carbons (Fsp3) is 1.00. The van der Waals surface area contributed by atoms with Crippen molar-refractivity contribution in [3.63, 3.8) is 0 Å². The second-order valence-corrected chi connectivity index (χ2v) is 3.63. The van der Waals surface area contributed by atoms with Gasteiger partial charge >= 0.3 is 0 Å². The predicted octanol–water partition coefficient (Wildman–Crippen LogP) is 1.51. The van der Waals surface area contributed by atoms with Crippen LogP contribution in [0.4, 0.5) is 0 Å². The summed E-state index contributed by atoms with van der Waals surface area (Å²) in [7, 11) is 1.64. The van der Waals surface area contributed by atoms with Crippen molar-refractivity contribution in [3.05, 3.63) is 0 Å². The first-order valence-corrected chi connectivity index (χ1v) is 5.64. The predicted molar refractivity (Wildman–Crippen MR) is 59.5 cm³/mol. The Morgan fingerprint density at radius 3 is 2.57 bits per heavy atom. The number of hydrogen-bond acceptors (Lipinski definition) is 3. The van der Waals surface area contributed by atoms with Gasteiger partial charge in [0.1, 0.15) is 5.60 Å². The van der Waals surface area contributed by atoms with Crippen molar-refractivity contribution in [1.29, 1.82) is 0 Å². The van der Waals surface area contributed by atoms with Gasteiger partial charge < -0.3 is 14.7 Å². The van der Waals surface area contributed by atoms with E-state index in [1.165, 1.54) is 0 Å². The number of nitrogens with zero attached hydrogens (tertiary/aromatic N) is 1. The van der Waals surface area contributed by atoms with E-state index in [1.807, 2.05) is 13.8 Å². The Morgan fingerprint density at radius 1 is 1.43 bits per heavy atom. The summed E-state index contributed by atoms with van der Waals surface area (Å²) in [6, 6.07) is 0. The molecule has 86 valence electrons. The molecule has 0 amide bonds. The SMILES string of the molecule is CC.CCN1CCCC(O)(COC)C1. The van der Waals surface area contributed by atoms with Gasteiger partial charge in [0.25, 0.3) is 0 Å². The molecule has 0 aliphatic carbocycles. The lowest BCUT2D eigenvalue weighted by Gasteiger charge is -2.38. The molecule has 0 bridgehead atoms. The summed E-state index contributed by atoms with van der Waals surface area (Å²) in [5.41, 5.74) is -0.594. The molecule has 0 spiro atoms. The van der Waals surface area contributed by atoms with E-state index in [0.717, 1.165) is 32.5 Å². The maximum absolute atomic E-state index is 10.0. The molecule has 3 nitrogen and oxygen atoms in total. The van der Waals surface area contributed by atoms with Crippen LogP contribution in [0.3, 0.4) is 0 Å². The molecule has 1 unspecified atom stereocenters. The van der Waals surface area contributed by atoms with Crippen LogP contribution in [-0.2, 0) is 4.74 Å². The van der Waals surface area contributed by atoms with E-state index in [-0.39, 0.29) is 0 Å². The third-order valence-corrected chi connectivity index (χ3v) is 2.49. The monoisotopic (exact) mass is 203 g/mol. The summed E-state index contributed by atoms with van der Waals surface area (Å²) >= 11 is 0. The second-order valence-electron chi connectivity index (χ2n) is 3.63. The van der Waals surface area contributed by atoms with E-state index in [1.54, 1.807) is 7.11 Å². The minimum Gasteiger partial charge on any atom is -0.386 e. The molecule has 0 aromatic heterocycles. The first-order chi connectivity index (χ1) is 6.70. The lowest BCUT2D eigenvalue weighted by Crippen LogP contribution is -2.50. The van der Waals surface area contributed by atoms with Gasteiger partial charge in [-0.3, -0.25) is 0 Å². The third kappa shape index (κ3) is 4.40. The smallest absolute Gasteiger partial charge is 0.101 e. The number of hydrogen-bond donors (Lipinski definition) is 1. The fourth-order valence-electron chi connectivity index (χ4n) is 1.86. The van der Waals surface area contributed by atoms with Crippen molar-refractivity contribution < 1.29 is 9.84 Å². The number of rotatable bonds is 3. The first kappa shape index (κ1) is 13.9. The quantitative estimate of drug-likeness (QED) is 0.754. The van der Waals surface area contributed by atoms with Gasteiger partial charge in [0, 0.05) is 13.7 Å². The highest BCUT2D eigenvalue weighted by Gasteiger charge is 2.32. The van der Waals surface area contributed by atoms with Gasteiger partial charge in [-0.2, -0.15) is 0 Å². The van der Waals surface area contributed by atoms with Gasteiger partial charge in [0.15, 0.2) is 0 Å². The molecule has 1 aliphatic heterocycles. The summed E-state index contributed by atoms with van der Waals surface area (Å²) in [5, 5.41) is 10.0. The summed E-state index contributed by atoms with van der Waals surface area (Å²) in [5.74, 6) is 0. The molecule has 1 aliphatic rings. The molecule has 14 heavy (non-hydrogen) atoms. The number of piperidine rings is 1. The number of methoxy groups -OCH3 is 1. The Balaban J connectivity index is 0.000000791. The minimum atomic E-state index is -0.594. The molecule has 1 heterocycles. The first-order valence-electron chi connectivity index (χ1n) is 5.64. The second kappa shape index (κ2) is 7.21. The minimum absolute atomic E-state index is 0.462. The molecule has 0 aromatic rings. The lowest BCUT2D eigenvalue weighted by molar-refractivity contribution is -0.0764. The van der Waals surface area contributed by atoms with Crippen LogP contribution in [0.2, 0.25) is 0 Å². The average Bonchev–Trinajstić information content (AvgIpc) is 2.21. The molecule has 0 aromatic carbocycles. The number of ether oxygens (including phenoxy) is 1. The van der Waals surface area contributed by atoms with E-state index in [0.29, 0.717) is 6.61 Å². The molecular weight excluding hydrogens is 178 g/mol. The maximum Gasteiger partial charge on any atom is 0.101 e. The zero-order valence-electron chi connectivity index (χ0n) is 10.0. The van der Waals surface area contributed by atoms with Crippen LogP contribution in [-0.4, -0.2) is 49.0 Å². The molecule has 1 N–H and O–H groups in total. The Bertz CT molecular complexity index is 137. The summed E-state index contributed by atoms with van der Waals surface area (Å²) in [4.78, 5) is 2.27. The zero-order valence-corrected chi connectivity index (χ0v) is 10.0. The molecule has 0 saturated carbocycles. The number of aliphatic hydroxyl groups is 1. The Kier molecular flexibility index (Phi) is 7.15. The molecule has 1 fully saturated rings. The van der Waals surface area contributed by atoms with Gasteiger partial charge in [0.2, 0.25) is 0 Å². The highest BCUT2D eigenvalue weighted by atomic mass is 16.5. The maximum atomic E-state index is 10.0. The van der Waals surface area contributed by atoms with Gasteiger partial charge in [-0.1, -0.05) is 20.8 Å². The molecule has 3 heteroatoms. The Morgan fingerprint density at radius 2 is 2.07 bits per heavy atom. The van der Waals surface area contributed by atoms with Gasteiger partial charge in [-0.25, -0.2) is 0 Å². The van der Waals surface area contributed by atoms with Crippen molar-refractivity contribution in [2.75, 3.05) is 33.4 Å². The Labute approximate surface area is 88.1 Å². The lowest BCUT2D eigenvalue weighted by atomic mass is 9.94. The topological polar surface area (TPSA) is 32.7 Å². The molecule has 1 saturated heterocycles. The highest BCUT2D eigenvalue weighted by molar-refractivity contribution is 4.86. The number of likely N-dealkylation sites (N-methyl/N-ethyl adjacent to an activating group) is 1. The van der Waals surface area contributed by atoms with Crippen LogP contribution in [0.25, 0.3) is 0 Å². The zero-order chi connectivity index (χ0) is 11.0. The van der Waals surface area contributed by atoms with Gasteiger partial charge in [-0.05, 0) is 25.9 Å². The summed E-state index contributed by atoms with van der Waals surface area (Å²) < 4.78 is 5.00. The summed E-state index contributed by atoms with van der Waals surface area (Å²) in [6.07, 6.45) is 1.95. The van der Waals surface area contributed by atoms with Gasteiger partial charge in [0.05, 0.1) is 6.61 Å². The van der Waals surface area contributed by atoms with E-state index in [9.17, 15) is 5.11 Å². The van der Waals surface area contributed by atoms with Crippen LogP contribution in [0.1, 0.15) is 33.6 Å². The van der Waals surface area contributed by atoms with Crippen LogP contribution < -0.4 is 0 Å². The molecule has 0 radical (unpaired) electrons. The number of β-amino-alcohol motifs (C(OH)–C–C–N with tert-alkyl or cyclic N) is 1. The normalized spacial score (nSPS) is 28.1. The highest BCUT2D eigenvalue weighted by Crippen LogP contribution is 2.20. The van der Waals surface area contributed by atoms with Gasteiger partial charge in [-0.15, -0.1) is 0 Å². The largest absolute Gasteiger partial charge is 0.386 e. The third-order valence-electron chi connectivity index (χ3n) is 2.49. The van der Waals surface area contributed by atoms with Crippen LogP contribution in [0.15, 0.2) is 0 Å². The van der Waals surface area contributed by atoms with Crippen LogP contribution >= 0.6 is 0 Å². The van der Waals surface area contributed by atoms with E-state index in [4.69, 9.17) is 4.74 Å². The number of likely N-dealkylation sites (tertiary alicyclic amines) is 1. The van der Waals surface area contributed by atoms with Crippen molar-refractivity contribution in [2.45, 2.75) is 39.2 Å². The molecule has 1 atom stereocenters. The Hall–Kier alpha value is -0.120. The van der Waals surface area contributed by atoms with Crippen molar-refractivity contribution >= 4 is 0 Å². The molecular formula is C11H25NO2. The van der Waals surface area contributed by atoms with E-state index >= 15 is 0 Å². The van der Waals surface area contributed by atoms with Crippen molar-refractivity contribution in [1.82, 2.24) is 4.90 Å². The summed E-state index contributed by atoms with van der Waals surface area (Å²) in [6.45, 7) is 9.48. The van der Waals surface area contributed by atoms with E-state index in [2.05, 4.69) is 11.8 Å². The average molecular weight is 203 g/mol. The fourth-order valence-corrected chi connectivity index (χ4v) is 1.86. The van der Waals surface area contributed by atoms with Crippen molar-refractivity contribution in [2.24, 2.45) is 0 Å². The van der Waals surface area contributed by atoms with Crippen molar-refractivity contribution in [3.8, 4) is 0 Å². The van der Waals surface area contributed by atoms with Crippen LogP contribution in [0.5, 0.6) is 0 Å². The van der Waals surface area contributed by atoms with E-state index < -0.39 is 5.60 Å². The standard InChI is InChI=1S/C9H19NO2.C2H6/c1-3-10-6-4-5-9(11,7-10)8-12-2;1-2/h11H,3-8H2,1-2H3;1-2H3. The molecule has 1 rings (SSSR count).